The van der Waals surface area contributed by atoms with E-state index < -0.39 is 8.32 Å². The highest BCUT2D eigenvalue weighted by Gasteiger charge is 2.41. The molecular weight excluding hydrogens is 476 g/mol. The Hall–Kier alpha value is -1.98. The molecule has 0 radical (unpaired) electrons. The van der Waals surface area contributed by atoms with Gasteiger partial charge in [-0.05, 0) is 73.4 Å². The van der Waals surface area contributed by atoms with E-state index in [1.807, 2.05) is 0 Å². The topological polar surface area (TPSA) is 52.6 Å². The second-order valence-electron chi connectivity index (χ2n) is 12.4. The largest absolute Gasteiger partial charge is 0.469 e. The van der Waals surface area contributed by atoms with E-state index in [0.717, 1.165) is 19.3 Å². The standard InChI is InChI=1S/C32H48O4Si/c1-32(2,3)37(5,6)36-31(25-14-10-9-11-15-25)26-20-18-24(19-21-26)27-22-23-29(33)28(27)16-12-7-8-13-17-30(34)35-4/h7,12,18-23,25,27-28,31H,8-11,13-17H2,1-6H3/t27?,28-,31?/m1/s1. The van der Waals surface area contributed by atoms with Crippen LogP contribution in [0.1, 0.15) is 102 Å². The molecule has 204 valence electrons. The Bertz CT molecular complexity index is 948. The van der Waals surface area contributed by atoms with Gasteiger partial charge < -0.3 is 9.16 Å². The molecule has 0 N–H and O–H groups in total. The van der Waals surface area contributed by atoms with Crippen LogP contribution in [0.25, 0.3) is 0 Å². The summed E-state index contributed by atoms with van der Waals surface area (Å²) in [7, 11) is -0.499. The van der Waals surface area contributed by atoms with Crippen molar-refractivity contribution in [2.75, 3.05) is 7.11 Å². The minimum Gasteiger partial charge on any atom is -0.469 e. The lowest BCUT2D eigenvalue weighted by molar-refractivity contribution is -0.140. The van der Waals surface area contributed by atoms with E-state index in [1.165, 1.54) is 50.3 Å². The van der Waals surface area contributed by atoms with E-state index in [-0.39, 0.29) is 34.7 Å². The number of ether oxygens (including phenoxy) is 1. The number of ketones is 1. The van der Waals surface area contributed by atoms with Crippen LogP contribution in [0.5, 0.6) is 0 Å². The Balaban J connectivity index is 1.70. The Morgan fingerprint density at radius 3 is 2.38 bits per heavy atom. The summed E-state index contributed by atoms with van der Waals surface area (Å²) in [6, 6.07) is 8.97. The van der Waals surface area contributed by atoms with E-state index in [0.29, 0.717) is 12.3 Å². The van der Waals surface area contributed by atoms with Crippen LogP contribution in [0.15, 0.2) is 48.6 Å². The predicted octanol–water partition coefficient (Wildman–Crippen LogP) is 8.46. The Morgan fingerprint density at radius 2 is 1.76 bits per heavy atom. The van der Waals surface area contributed by atoms with Gasteiger partial charge in [-0.2, -0.15) is 0 Å². The van der Waals surface area contributed by atoms with Crippen molar-refractivity contribution in [3.8, 4) is 0 Å². The maximum absolute atomic E-state index is 12.6. The molecule has 0 heterocycles. The molecule has 5 heteroatoms. The zero-order chi connectivity index (χ0) is 27.1. The Kier molecular flexibility index (Phi) is 10.5. The molecule has 1 aromatic rings. The summed E-state index contributed by atoms with van der Waals surface area (Å²) in [6.45, 7) is 11.7. The first kappa shape index (κ1) is 29.6. The van der Waals surface area contributed by atoms with Crippen LogP contribution in [0, 0.1) is 11.8 Å². The maximum atomic E-state index is 12.6. The summed E-state index contributed by atoms with van der Waals surface area (Å²) in [5, 5.41) is 0.176. The highest BCUT2D eigenvalue weighted by molar-refractivity contribution is 6.74. The molecule has 2 aliphatic carbocycles. The number of hydrogen-bond donors (Lipinski definition) is 0. The number of benzene rings is 1. The van der Waals surface area contributed by atoms with Gasteiger partial charge in [-0.25, -0.2) is 0 Å². The van der Waals surface area contributed by atoms with E-state index in [9.17, 15) is 9.59 Å². The molecule has 0 aliphatic heterocycles. The molecule has 0 bridgehead atoms. The van der Waals surface area contributed by atoms with Gasteiger partial charge in [0.25, 0.3) is 0 Å². The van der Waals surface area contributed by atoms with Gasteiger partial charge in [0.1, 0.15) is 0 Å². The summed E-state index contributed by atoms with van der Waals surface area (Å²) in [5.74, 6) is 0.664. The van der Waals surface area contributed by atoms with E-state index in [2.05, 4.69) is 81.1 Å². The number of unbranched alkanes of at least 4 members (excludes halogenated alkanes) is 1. The van der Waals surface area contributed by atoms with Gasteiger partial charge in [-0.15, -0.1) is 0 Å². The summed E-state index contributed by atoms with van der Waals surface area (Å²) in [5.41, 5.74) is 2.49. The smallest absolute Gasteiger partial charge is 0.305 e. The summed E-state index contributed by atoms with van der Waals surface area (Å²) in [6.07, 6.45) is 17.3. The van der Waals surface area contributed by atoms with Crippen molar-refractivity contribution in [1.82, 2.24) is 0 Å². The number of hydrogen-bond acceptors (Lipinski definition) is 4. The molecule has 4 nitrogen and oxygen atoms in total. The van der Waals surface area contributed by atoms with Crippen LogP contribution >= 0.6 is 0 Å². The van der Waals surface area contributed by atoms with Crippen LogP contribution in [-0.4, -0.2) is 27.2 Å². The fourth-order valence-electron chi connectivity index (χ4n) is 5.34. The zero-order valence-electron chi connectivity index (χ0n) is 23.9. The summed E-state index contributed by atoms with van der Waals surface area (Å²) >= 11 is 0. The minimum absolute atomic E-state index is 0.0553. The van der Waals surface area contributed by atoms with Gasteiger partial charge in [0.2, 0.25) is 0 Å². The van der Waals surface area contributed by atoms with Crippen LogP contribution in [0.3, 0.4) is 0 Å². The molecule has 1 aromatic carbocycles. The first-order chi connectivity index (χ1) is 17.5. The van der Waals surface area contributed by atoms with Crippen molar-refractivity contribution in [1.29, 1.82) is 0 Å². The molecule has 2 unspecified atom stereocenters. The van der Waals surface area contributed by atoms with Crippen molar-refractivity contribution < 1.29 is 18.8 Å². The van der Waals surface area contributed by atoms with Crippen LogP contribution in [0.4, 0.5) is 0 Å². The highest BCUT2D eigenvalue weighted by Crippen LogP contribution is 2.45. The average Bonchev–Trinajstić information content (AvgIpc) is 3.24. The number of carbonyl (C=O) groups excluding carboxylic acids is 2. The van der Waals surface area contributed by atoms with Gasteiger partial charge >= 0.3 is 5.97 Å². The molecule has 3 atom stereocenters. The highest BCUT2D eigenvalue weighted by atomic mass is 28.4. The van der Waals surface area contributed by atoms with Crippen molar-refractivity contribution >= 4 is 20.1 Å². The number of allylic oxidation sites excluding steroid dienone is 4. The number of rotatable bonds is 11. The Labute approximate surface area is 226 Å². The molecule has 3 rings (SSSR count). The number of carbonyl (C=O) groups is 2. The van der Waals surface area contributed by atoms with Crippen LogP contribution in [0.2, 0.25) is 18.1 Å². The SMILES string of the molecule is COC(=O)CCCC=CC[C@H]1C(=O)C=CC1c1ccc(C(O[Si](C)(C)C(C)(C)C)C2CCCCC2)cc1. The monoisotopic (exact) mass is 524 g/mol. The van der Waals surface area contributed by atoms with Crippen molar-refractivity contribution in [2.45, 2.75) is 109 Å². The third kappa shape index (κ3) is 8.00. The first-order valence-electron chi connectivity index (χ1n) is 14.2. The van der Waals surface area contributed by atoms with E-state index >= 15 is 0 Å². The second-order valence-corrected chi connectivity index (χ2v) is 17.2. The molecule has 2 aliphatic rings. The lowest BCUT2D eigenvalue weighted by Crippen LogP contribution is -2.43. The molecule has 0 spiro atoms. The minimum atomic E-state index is -1.92. The number of methoxy groups -OCH3 is 1. The molecule has 0 saturated heterocycles. The van der Waals surface area contributed by atoms with Crippen LogP contribution < -0.4 is 0 Å². The number of esters is 1. The first-order valence-corrected chi connectivity index (χ1v) is 17.2. The molecule has 1 saturated carbocycles. The van der Waals surface area contributed by atoms with Crippen molar-refractivity contribution in [3.05, 3.63) is 59.7 Å². The molecule has 37 heavy (non-hydrogen) atoms. The van der Waals surface area contributed by atoms with Crippen molar-refractivity contribution in [3.63, 3.8) is 0 Å². The van der Waals surface area contributed by atoms with Crippen LogP contribution in [-0.2, 0) is 18.8 Å². The van der Waals surface area contributed by atoms with Gasteiger partial charge in [0, 0.05) is 18.3 Å². The predicted molar refractivity (Wildman–Crippen MR) is 154 cm³/mol. The fourth-order valence-corrected chi connectivity index (χ4v) is 6.66. The fraction of sp³-hybridized carbons (Fsp3) is 0.625. The molecule has 0 aromatic heterocycles. The van der Waals surface area contributed by atoms with Crippen molar-refractivity contribution in [2.24, 2.45) is 11.8 Å². The molecule has 0 amide bonds. The lowest BCUT2D eigenvalue weighted by Gasteiger charge is -2.42. The normalized spacial score (nSPS) is 22.1. The van der Waals surface area contributed by atoms with Gasteiger partial charge in [-0.3, -0.25) is 9.59 Å². The lowest BCUT2D eigenvalue weighted by atomic mass is 9.81. The van der Waals surface area contributed by atoms with Gasteiger partial charge in [0.05, 0.1) is 13.2 Å². The van der Waals surface area contributed by atoms with E-state index in [4.69, 9.17) is 4.43 Å². The summed E-state index contributed by atoms with van der Waals surface area (Å²) < 4.78 is 11.8. The van der Waals surface area contributed by atoms with E-state index in [1.54, 1.807) is 6.08 Å². The zero-order valence-corrected chi connectivity index (χ0v) is 24.9. The Morgan fingerprint density at radius 1 is 1.08 bits per heavy atom. The third-order valence-corrected chi connectivity index (χ3v) is 13.2. The third-order valence-electron chi connectivity index (χ3n) is 8.76. The molecular formula is C32H48O4Si. The second kappa shape index (κ2) is 13.2. The molecule has 1 fully saturated rings. The average molecular weight is 525 g/mol. The summed E-state index contributed by atoms with van der Waals surface area (Å²) in [4.78, 5) is 23.9. The van der Waals surface area contributed by atoms with Gasteiger partial charge in [0.15, 0.2) is 14.1 Å². The maximum Gasteiger partial charge on any atom is 0.305 e. The van der Waals surface area contributed by atoms with Gasteiger partial charge in [-0.1, -0.05) is 82.5 Å². The quantitative estimate of drug-likeness (QED) is 0.126.